The molecule has 0 saturated heterocycles. The number of carbonyl (C=O) groups excluding carboxylic acids is 1. The molecule has 0 unspecified atom stereocenters. The minimum Gasteiger partial charge on any atom is -0.497 e. The largest absolute Gasteiger partial charge is 0.497 e. The highest BCUT2D eigenvalue weighted by Gasteiger charge is 2.15. The van der Waals surface area contributed by atoms with E-state index in [-0.39, 0.29) is 17.7 Å². The molecule has 0 aliphatic rings. The highest BCUT2D eigenvalue weighted by atomic mass is 16.5. The summed E-state index contributed by atoms with van der Waals surface area (Å²) in [6.07, 6.45) is 0. The van der Waals surface area contributed by atoms with E-state index in [1.807, 2.05) is 35.8 Å². The fraction of sp³-hybridized carbons (Fsp3) is 0.190. The number of nitrogens with one attached hydrogen (secondary N) is 1. The molecule has 7 heteroatoms. The molecular formula is C21H19N3O4. The van der Waals surface area contributed by atoms with Gasteiger partial charge in [0.05, 0.1) is 30.1 Å². The summed E-state index contributed by atoms with van der Waals surface area (Å²) in [6, 6.07) is 13.9. The molecule has 2 aromatic heterocycles. The third-order valence-electron chi connectivity index (χ3n) is 4.62. The second kappa shape index (κ2) is 7.19. The van der Waals surface area contributed by atoms with Crippen LogP contribution in [0.1, 0.15) is 23.3 Å². The molecule has 2 heterocycles. The van der Waals surface area contributed by atoms with Gasteiger partial charge in [-0.25, -0.2) is 4.98 Å². The van der Waals surface area contributed by atoms with Crippen molar-refractivity contribution in [3.05, 3.63) is 70.3 Å². The van der Waals surface area contributed by atoms with Crippen molar-refractivity contribution in [1.29, 1.82) is 0 Å². The van der Waals surface area contributed by atoms with E-state index in [2.05, 4.69) is 10.3 Å². The van der Waals surface area contributed by atoms with Crippen LogP contribution in [0.2, 0.25) is 0 Å². The predicted molar refractivity (Wildman–Crippen MR) is 106 cm³/mol. The molecule has 0 radical (unpaired) electrons. The van der Waals surface area contributed by atoms with E-state index in [9.17, 15) is 9.59 Å². The molecule has 28 heavy (non-hydrogen) atoms. The first kappa shape index (κ1) is 17.8. The Morgan fingerprint density at radius 2 is 2.04 bits per heavy atom. The topological polar surface area (TPSA) is 86.4 Å². The van der Waals surface area contributed by atoms with Crippen LogP contribution in [0.15, 0.2) is 57.7 Å². The van der Waals surface area contributed by atoms with E-state index in [1.54, 1.807) is 18.2 Å². The maximum Gasteiger partial charge on any atom is 0.287 e. The number of fused-ring (bicyclic) bond motifs is 2. The average molecular weight is 377 g/mol. The lowest BCUT2D eigenvalue weighted by Crippen LogP contribution is -2.25. The zero-order valence-corrected chi connectivity index (χ0v) is 15.6. The van der Waals surface area contributed by atoms with Gasteiger partial charge in [0, 0.05) is 18.7 Å². The van der Waals surface area contributed by atoms with Crippen LogP contribution in [0.25, 0.3) is 22.0 Å². The standard InChI is InChI=1S/C21H19N3O4/c1-3-24-16-7-5-4-6-15(16)23-20(24)12-22-21(26)19-11-17(25)14-9-8-13(27-2)10-18(14)28-19/h4-11H,3,12H2,1-2H3,(H,22,26). The van der Waals surface area contributed by atoms with Crippen molar-refractivity contribution in [2.75, 3.05) is 7.11 Å². The number of benzene rings is 2. The summed E-state index contributed by atoms with van der Waals surface area (Å²) >= 11 is 0. The minimum atomic E-state index is -0.475. The number of imidazole rings is 1. The van der Waals surface area contributed by atoms with Crippen LogP contribution in [0.4, 0.5) is 0 Å². The molecule has 142 valence electrons. The predicted octanol–water partition coefficient (Wildman–Crippen LogP) is 3.10. The molecule has 0 fully saturated rings. The van der Waals surface area contributed by atoms with Gasteiger partial charge in [-0.1, -0.05) is 12.1 Å². The van der Waals surface area contributed by atoms with E-state index >= 15 is 0 Å². The Balaban J connectivity index is 1.61. The fourth-order valence-electron chi connectivity index (χ4n) is 3.23. The van der Waals surface area contributed by atoms with Crippen LogP contribution in [-0.2, 0) is 13.1 Å². The first-order valence-electron chi connectivity index (χ1n) is 8.95. The summed E-state index contributed by atoms with van der Waals surface area (Å²) < 4.78 is 12.8. The van der Waals surface area contributed by atoms with Crippen molar-refractivity contribution in [2.45, 2.75) is 20.0 Å². The van der Waals surface area contributed by atoms with E-state index in [4.69, 9.17) is 9.15 Å². The van der Waals surface area contributed by atoms with Gasteiger partial charge in [-0.3, -0.25) is 9.59 Å². The monoisotopic (exact) mass is 377 g/mol. The first-order chi connectivity index (χ1) is 13.6. The van der Waals surface area contributed by atoms with Crippen LogP contribution >= 0.6 is 0 Å². The van der Waals surface area contributed by atoms with Crippen molar-refractivity contribution < 1.29 is 13.9 Å². The number of ether oxygens (including phenoxy) is 1. The molecular weight excluding hydrogens is 358 g/mol. The number of rotatable bonds is 5. The summed E-state index contributed by atoms with van der Waals surface area (Å²) in [7, 11) is 1.52. The number of hydrogen-bond acceptors (Lipinski definition) is 5. The molecule has 0 aliphatic heterocycles. The van der Waals surface area contributed by atoms with Crippen molar-refractivity contribution in [3.8, 4) is 5.75 Å². The number of amides is 1. The SMILES string of the molecule is CCn1c(CNC(=O)c2cc(=O)c3ccc(OC)cc3o2)nc2ccccc21. The molecule has 0 atom stereocenters. The molecule has 0 aliphatic carbocycles. The van der Waals surface area contributed by atoms with Gasteiger partial charge < -0.3 is 19.0 Å². The molecule has 0 saturated carbocycles. The Kier molecular flexibility index (Phi) is 4.57. The molecule has 7 nitrogen and oxygen atoms in total. The van der Waals surface area contributed by atoms with Gasteiger partial charge >= 0.3 is 0 Å². The first-order valence-corrected chi connectivity index (χ1v) is 8.95. The van der Waals surface area contributed by atoms with Gasteiger partial charge in [0.1, 0.15) is 17.2 Å². The van der Waals surface area contributed by atoms with Crippen LogP contribution in [-0.4, -0.2) is 22.6 Å². The van der Waals surface area contributed by atoms with Crippen molar-refractivity contribution in [3.63, 3.8) is 0 Å². The van der Waals surface area contributed by atoms with E-state index < -0.39 is 5.91 Å². The Labute approximate surface area is 160 Å². The van der Waals surface area contributed by atoms with E-state index in [0.717, 1.165) is 23.4 Å². The number of para-hydroxylation sites is 2. The second-order valence-electron chi connectivity index (χ2n) is 6.28. The van der Waals surface area contributed by atoms with Crippen LogP contribution in [0.3, 0.4) is 0 Å². The minimum absolute atomic E-state index is 0.0510. The third kappa shape index (κ3) is 3.11. The molecule has 1 N–H and O–H groups in total. The molecule has 4 rings (SSSR count). The lowest BCUT2D eigenvalue weighted by Gasteiger charge is -2.08. The van der Waals surface area contributed by atoms with Crippen LogP contribution < -0.4 is 15.5 Å². The second-order valence-corrected chi connectivity index (χ2v) is 6.28. The number of hydrogen-bond donors (Lipinski definition) is 1. The van der Waals surface area contributed by atoms with Gasteiger partial charge in [-0.05, 0) is 31.2 Å². The summed E-state index contributed by atoms with van der Waals surface area (Å²) in [5.74, 6) is 0.758. The van der Waals surface area contributed by atoms with E-state index in [0.29, 0.717) is 16.7 Å². The molecule has 4 aromatic rings. The zero-order chi connectivity index (χ0) is 19.7. The van der Waals surface area contributed by atoms with Crippen molar-refractivity contribution in [2.24, 2.45) is 0 Å². The normalized spacial score (nSPS) is 11.1. The lowest BCUT2D eigenvalue weighted by molar-refractivity contribution is 0.0922. The Morgan fingerprint density at radius 3 is 2.82 bits per heavy atom. The number of aromatic nitrogens is 2. The smallest absolute Gasteiger partial charge is 0.287 e. The van der Waals surface area contributed by atoms with Gasteiger partial charge in [0.25, 0.3) is 5.91 Å². The van der Waals surface area contributed by atoms with Crippen molar-refractivity contribution in [1.82, 2.24) is 14.9 Å². The van der Waals surface area contributed by atoms with Crippen molar-refractivity contribution >= 4 is 27.9 Å². The van der Waals surface area contributed by atoms with E-state index in [1.165, 1.54) is 13.2 Å². The zero-order valence-electron chi connectivity index (χ0n) is 15.6. The molecule has 0 bridgehead atoms. The Morgan fingerprint density at radius 1 is 1.21 bits per heavy atom. The number of methoxy groups -OCH3 is 1. The van der Waals surface area contributed by atoms with Gasteiger partial charge in [0.2, 0.25) is 0 Å². The summed E-state index contributed by atoms with van der Waals surface area (Å²) in [6.45, 7) is 2.98. The highest BCUT2D eigenvalue weighted by Crippen LogP contribution is 2.20. The molecule has 0 spiro atoms. The lowest BCUT2D eigenvalue weighted by atomic mass is 10.2. The van der Waals surface area contributed by atoms with Gasteiger partial charge in [-0.15, -0.1) is 0 Å². The maximum absolute atomic E-state index is 12.6. The summed E-state index contributed by atoms with van der Waals surface area (Å²) in [5.41, 5.74) is 1.91. The third-order valence-corrected chi connectivity index (χ3v) is 4.62. The number of aryl methyl sites for hydroxylation is 1. The van der Waals surface area contributed by atoms with Crippen LogP contribution in [0, 0.1) is 0 Å². The quantitative estimate of drug-likeness (QED) is 0.578. The number of carbonyl (C=O) groups is 1. The average Bonchev–Trinajstić information content (AvgIpc) is 3.08. The molecule has 2 aromatic carbocycles. The Hall–Kier alpha value is -3.61. The molecule has 1 amide bonds. The van der Waals surface area contributed by atoms with Crippen LogP contribution in [0.5, 0.6) is 5.75 Å². The Bertz CT molecular complexity index is 1240. The summed E-state index contributed by atoms with van der Waals surface area (Å²) in [4.78, 5) is 29.4. The fourth-order valence-corrected chi connectivity index (χ4v) is 3.23. The van der Waals surface area contributed by atoms with Gasteiger partial charge in [0.15, 0.2) is 11.2 Å². The highest BCUT2D eigenvalue weighted by molar-refractivity contribution is 5.93. The summed E-state index contributed by atoms with van der Waals surface area (Å²) in [5, 5.41) is 3.18. The van der Waals surface area contributed by atoms with Gasteiger partial charge in [-0.2, -0.15) is 0 Å². The number of nitrogens with zero attached hydrogens (tertiary/aromatic N) is 2. The maximum atomic E-state index is 12.6.